The second-order valence-corrected chi connectivity index (χ2v) is 9.30. The summed E-state index contributed by atoms with van der Waals surface area (Å²) in [5.41, 5.74) is 1.39. The lowest BCUT2D eigenvalue weighted by molar-refractivity contribution is -0.231. The highest BCUT2D eigenvalue weighted by molar-refractivity contribution is 7.19. The summed E-state index contributed by atoms with van der Waals surface area (Å²) < 4.78 is 24.4. The summed E-state index contributed by atoms with van der Waals surface area (Å²) in [5.74, 6) is 0.617. The zero-order valence-electron chi connectivity index (χ0n) is 17.0. The first kappa shape index (κ1) is 23.4. The molecule has 5 atom stereocenters. The molecular weight excluding hydrogens is 459 g/mol. The number of benzene rings is 2. The minimum absolute atomic E-state index is 0.0179. The number of aliphatic hydroxyl groups is 4. The maximum Gasteiger partial charge on any atom is 0.123 e. The van der Waals surface area contributed by atoms with E-state index in [-0.39, 0.29) is 6.61 Å². The number of rotatable bonds is 7. The smallest absolute Gasteiger partial charge is 0.123 e. The molecule has 0 unspecified atom stereocenters. The molecule has 2 heterocycles. The topological polar surface area (TPSA) is 99.4 Å². The lowest BCUT2D eigenvalue weighted by Gasteiger charge is -2.40. The number of alkyl halides is 1. The standard InChI is InChI=1S/C23H24ClFO6S/c24-17-4-2-13(23-22(29)21(28)20(27)18(11-26)31-23)7-14(17)9-16-8-12-1-3-15(30-6-5-25)10-19(12)32-16/h1-4,7-8,10,18,20-23,26-29H,5-6,9,11H2/t18-,20-,21+,22-,23+/m1/s1. The van der Waals surface area contributed by atoms with Crippen LogP contribution in [0.1, 0.15) is 22.1 Å². The molecular formula is C23H24ClFO6S. The van der Waals surface area contributed by atoms with Crippen LogP contribution in [0.3, 0.4) is 0 Å². The molecule has 1 fully saturated rings. The summed E-state index contributed by atoms with van der Waals surface area (Å²) in [5, 5.41) is 41.6. The van der Waals surface area contributed by atoms with E-state index >= 15 is 0 Å². The van der Waals surface area contributed by atoms with Crippen molar-refractivity contribution in [2.45, 2.75) is 36.9 Å². The van der Waals surface area contributed by atoms with Gasteiger partial charge in [-0.25, -0.2) is 4.39 Å². The van der Waals surface area contributed by atoms with Gasteiger partial charge >= 0.3 is 0 Å². The summed E-state index contributed by atoms with van der Waals surface area (Å²) in [6.07, 6.45) is -5.57. The van der Waals surface area contributed by atoms with Crippen molar-refractivity contribution in [1.82, 2.24) is 0 Å². The van der Waals surface area contributed by atoms with E-state index in [9.17, 15) is 24.8 Å². The third kappa shape index (κ3) is 4.77. The van der Waals surface area contributed by atoms with E-state index in [1.165, 1.54) is 0 Å². The van der Waals surface area contributed by atoms with Crippen LogP contribution in [0, 0.1) is 0 Å². The highest BCUT2D eigenvalue weighted by atomic mass is 35.5. The van der Waals surface area contributed by atoms with Crippen molar-refractivity contribution < 1.29 is 34.3 Å². The molecule has 172 valence electrons. The Morgan fingerprint density at radius 3 is 2.59 bits per heavy atom. The molecule has 1 aliphatic rings. The number of aliphatic hydroxyl groups excluding tert-OH is 4. The van der Waals surface area contributed by atoms with Crippen LogP contribution >= 0.6 is 22.9 Å². The van der Waals surface area contributed by atoms with Crippen LogP contribution in [0.25, 0.3) is 10.1 Å². The van der Waals surface area contributed by atoms with Crippen molar-refractivity contribution in [2.75, 3.05) is 19.9 Å². The van der Waals surface area contributed by atoms with Crippen LogP contribution in [-0.4, -0.2) is 64.7 Å². The first-order chi connectivity index (χ1) is 15.4. The van der Waals surface area contributed by atoms with Gasteiger partial charge in [-0.15, -0.1) is 11.3 Å². The largest absolute Gasteiger partial charge is 0.491 e. The minimum atomic E-state index is -1.44. The third-order valence-corrected chi connectivity index (χ3v) is 7.01. The fourth-order valence-electron chi connectivity index (χ4n) is 3.87. The van der Waals surface area contributed by atoms with E-state index in [0.29, 0.717) is 22.8 Å². The zero-order valence-corrected chi connectivity index (χ0v) is 18.6. The highest BCUT2D eigenvalue weighted by Crippen LogP contribution is 2.36. The molecule has 0 radical (unpaired) electrons. The monoisotopic (exact) mass is 482 g/mol. The van der Waals surface area contributed by atoms with Gasteiger partial charge in [-0.1, -0.05) is 23.7 Å². The van der Waals surface area contributed by atoms with Crippen molar-refractivity contribution in [3.8, 4) is 5.75 Å². The maximum atomic E-state index is 12.4. The second-order valence-electron chi connectivity index (χ2n) is 7.73. The molecule has 9 heteroatoms. The maximum absolute atomic E-state index is 12.4. The first-order valence-electron chi connectivity index (χ1n) is 10.2. The van der Waals surface area contributed by atoms with E-state index in [0.717, 1.165) is 20.5 Å². The predicted molar refractivity (Wildman–Crippen MR) is 120 cm³/mol. The molecule has 1 aliphatic heterocycles. The van der Waals surface area contributed by atoms with E-state index in [4.69, 9.17) is 21.1 Å². The van der Waals surface area contributed by atoms with Gasteiger partial charge in [-0.05, 0) is 46.8 Å². The van der Waals surface area contributed by atoms with E-state index in [1.807, 2.05) is 12.1 Å². The molecule has 2 aromatic carbocycles. The fraction of sp³-hybridized carbons (Fsp3) is 0.391. The van der Waals surface area contributed by atoms with Crippen LogP contribution in [0.4, 0.5) is 4.39 Å². The number of hydrogen-bond acceptors (Lipinski definition) is 7. The summed E-state index contributed by atoms with van der Waals surface area (Å²) in [6, 6.07) is 12.9. The SMILES string of the molecule is OC[C@H]1O[C@@H](c2ccc(Cl)c(Cc3cc4ccc(OCCF)cc4s3)c2)[C@H](O)[C@@H](O)[C@@H]1O. The lowest BCUT2D eigenvalue weighted by Crippen LogP contribution is -2.55. The van der Waals surface area contributed by atoms with Crippen molar-refractivity contribution in [3.63, 3.8) is 0 Å². The van der Waals surface area contributed by atoms with E-state index in [2.05, 4.69) is 6.07 Å². The third-order valence-electron chi connectivity index (χ3n) is 5.54. The Morgan fingerprint density at radius 2 is 1.84 bits per heavy atom. The average Bonchev–Trinajstić information content (AvgIpc) is 3.19. The Labute approximate surface area is 193 Å². The molecule has 0 bridgehead atoms. The molecule has 0 aliphatic carbocycles. The van der Waals surface area contributed by atoms with Gasteiger partial charge in [-0.3, -0.25) is 0 Å². The van der Waals surface area contributed by atoms with Gasteiger partial charge in [0.25, 0.3) is 0 Å². The van der Waals surface area contributed by atoms with Crippen LogP contribution in [-0.2, 0) is 11.2 Å². The molecule has 0 saturated carbocycles. The number of ether oxygens (including phenoxy) is 2. The predicted octanol–water partition coefficient (Wildman–Crippen LogP) is 3.01. The van der Waals surface area contributed by atoms with Gasteiger partial charge in [0.15, 0.2) is 0 Å². The van der Waals surface area contributed by atoms with Gasteiger partial charge in [0.2, 0.25) is 0 Å². The van der Waals surface area contributed by atoms with Gasteiger partial charge in [0, 0.05) is 21.0 Å². The van der Waals surface area contributed by atoms with Crippen molar-refractivity contribution in [1.29, 1.82) is 0 Å². The van der Waals surface area contributed by atoms with Gasteiger partial charge in [-0.2, -0.15) is 0 Å². The molecule has 3 aromatic rings. The number of fused-ring (bicyclic) bond motifs is 1. The lowest BCUT2D eigenvalue weighted by atomic mass is 9.90. The highest BCUT2D eigenvalue weighted by Gasteiger charge is 2.44. The molecule has 4 N–H and O–H groups in total. The molecule has 0 amide bonds. The summed E-state index contributed by atoms with van der Waals surface area (Å²) in [7, 11) is 0. The number of hydrogen-bond donors (Lipinski definition) is 4. The Balaban J connectivity index is 1.58. The van der Waals surface area contributed by atoms with Gasteiger partial charge < -0.3 is 29.9 Å². The van der Waals surface area contributed by atoms with Crippen LogP contribution in [0.5, 0.6) is 5.75 Å². The van der Waals surface area contributed by atoms with E-state index < -0.39 is 43.8 Å². The van der Waals surface area contributed by atoms with Crippen molar-refractivity contribution in [3.05, 3.63) is 63.5 Å². The quantitative estimate of drug-likeness (QED) is 0.413. The van der Waals surface area contributed by atoms with Crippen LogP contribution in [0.2, 0.25) is 5.02 Å². The van der Waals surface area contributed by atoms with Crippen LogP contribution in [0.15, 0.2) is 42.5 Å². The van der Waals surface area contributed by atoms with Crippen molar-refractivity contribution >= 4 is 33.0 Å². The Kier molecular flexibility index (Phi) is 7.31. The Bertz CT molecular complexity index is 1070. The van der Waals surface area contributed by atoms with Gasteiger partial charge in [0.05, 0.1) is 6.61 Å². The van der Waals surface area contributed by atoms with E-state index in [1.54, 1.807) is 35.6 Å². The first-order valence-corrected chi connectivity index (χ1v) is 11.4. The van der Waals surface area contributed by atoms with Crippen LogP contribution < -0.4 is 4.74 Å². The fourth-order valence-corrected chi connectivity index (χ4v) is 5.17. The van der Waals surface area contributed by atoms with Gasteiger partial charge in [0.1, 0.15) is 49.6 Å². The minimum Gasteiger partial charge on any atom is -0.491 e. The number of halogens is 2. The molecule has 6 nitrogen and oxygen atoms in total. The normalized spacial score (nSPS) is 25.9. The Morgan fingerprint density at radius 1 is 1.03 bits per heavy atom. The summed E-state index contributed by atoms with van der Waals surface area (Å²) in [4.78, 5) is 1.05. The summed E-state index contributed by atoms with van der Waals surface area (Å²) >= 11 is 8.00. The second kappa shape index (κ2) is 10.0. The molecule has 4 rings (SSSR count). The Hall–Kier alpha value is -1.78. The van der Waals surface area contributed by atoms with Crippen molar-refractivity contribution in [2.24, 2.45) is 0 Å². The zero-order chi connectivity index (χ0) is 22.8. The molecule has 32 heavy (non-hydrogen) atoms. The molecule has 1 saturated heterocycles. The molecule has 1 aromatic heterocycles. The average molecular weight is 483 g/mol. The number of thiophene rings is 1. The summed E-state index contributed by atoms with van der Waals surface area (Å²) in [6.45, 7) is -1.01. The molecule has 0 spiro atoms.